The molecule has 23 heavy (non-hydrogen) atoms. The number of halogens is 1. The topological polar surface area (TPSA) is 60.4 Å². The summed E-state index contributed by atoms with van der Waals surface area (Å²) in [5.74, 6) is 2.05. The van der Waals surface area contributed by atoms with Gasteiger partial charge in [-0.25, -0.2) is 4.98 Å². The third kappa shape index (κ3) is 3.27. The van der Waals surface area contributed by atoms with Gasteiger partial charge in [-0.1, -0.05) is 22.9 Å². The van der Waals surface area contributed by atoms with Crippen molar-refractivity contribution in [3.05, 3.63) is 62.5 Å². The van der Waals surface area contributed by atoms with Crippen LogP contribution in [-0.2, 0) is 6.42 Å². The third-order valence-corrected chi connectivity index (χ3v) is 3.90. The highest BCUT2D eigenvalue weighted by Crippen LogP contribution is 2.16. The second-order valence-corrected chi connectivity index (χ2v) is 6.17. The van der Waals surface area contributed by atoms with Crippen LogP contribution in [-0.4, -0.2) is 15.9 Å². The molecule has 0 radical (unpaired) electrons. The smallest absolute Gasteiger partial charge is 0.282 e. The number of hydrogen-bond acceptors (Lipinski definition) is 4. The van der Waals surface area contributed by atoms with Gasteiger partial charge in [-0.05, 0) is 43.7 Å². The molecule has 0 N–H and O–H groups in total. The molecule has 0 aliphatic rings. The van der Waals surface area contributed by atoms with E-state index in [1.807, 2.05) is 38.1 Å². The highest BCUT2D eigenvalue weighted by atomic mass is 79.9. The van der Waals surface area contributed by atoms with Crippen molar-refractivity contribution in [1.29, 1.82) is 0 Å². The molecule has 2 aromatic heterocycles. The fourth-order valence-corrected chi connectivity index (χ4v) is 2.70. The van der Waals surface area contributed by atoms with Crippen molar-refractivity contribution in [2.24, 2.45) is 5.10 Å². The average Bonchev–Trinajstić information content (AvgIpc) is 2.94. The first-order valence-electron chi connectivity index (χ1n) is 7.40. The molecule has 0 unspecified atom stereocenters. The van der Waals surface area contributed by atoms with Gasteiger partial charge in [0.2, 0.25) is 0 Å². The first kappa shape index (κ1) is 15.7. The summed E-state index contributed by atoms with van der Waals surface area (Å²) in [6, 6.07) is 9.15. The van der Waals surface area contributed by atoms with E-state index in [2.05, 4.69) is 26.0 Å². The van der Waals surface area contributed by atoms with E-state index in [0.29, 0.717) is 28.9 Å². The van der Waals surface area contributed by atoms with Crippen LogP contribution in [0.25, 0.3) is 10.9 Å². The molecule has 0 fully saturated rings. The van der Waals surface area contributed by atoms with Crippen molar-refractivity contribution in [3.8, 4) is 0 Å². The molecule has 0 saturated carbocycles. The Labute approximate surface area is 141 Å². The first-order valence-corrected chi connectivity index (χ1v) is 8.20. The van der Waals surface area contributed by atoms with Gasteiger partial charge in [-0.3, -0.25) is 4.79 Å². The summed E-state index contributed by atoms with van der Waals surface area (Å²) in [7, 11) is 0. The molecule has 2 heterocycles. The molecule has 6 heteroatoms. The number of aromatic nitrogens is 2. The largest absolute Gasteiger partial charge is 0.460 e. The standard InChI is InChI=1S/C17H16BrN3O2/c1-3-4-16-20-15-8-6-12(18)9-14(15)17(22)21(16)19-10-13-7-5-11(2)23-13/h5-10H,3-4H2,1-2H3. The molecule has 0 amide bonds. The molecule has 0 bridgehead atoms. The van der Waals surface area contributed by atoms with E-state index in [4.69, 9.17) is 4.42 Å². The minimum absolute atomic E-state index is 0.181. The summed E-state index contributed by atoms with van der Waals surface area (Å²) in [6.45, 7) is 3.91. The zero-order valence-electron chi connectivity index (χ0n) is 12.9. The van der Waals surface area contributed by atoms with Crippen LogP contribution in [0.1, 0.15) is 30.7 Å². The Morgan fingerprint density at radius 1 is 1.35 bits per heavy atom. The molecule has 0 aliphatic heterocycles. The van der Waals surface area contributed by atoms with Gasteiger partial charge in [0.1, 0.15) is 17.3 Å². The normalized spacial score (nSPS) is 11.6. The highest BCUT2D eigenvalue weighted by molar-refractivity contribution is 9.10. The zero-order chi connectivity index (χ0) is 16.4. The Kier molecular flexibility index (Phi) is 4.43. The van der Waals surface area contributed by atoms with Gasteiger partial charge in [0.15, 0.2) is 0 Å². The molecule has 118 valence electrons. The summed E-state index contributed by atoms with van der Waals surface area (Å²) in [5.41, 5.74) is 0.501. The van der Waals surface area contributed by atoms with Gasteiger partial charge in [-0.15, -0.1) is 0 Å². The van der Waals surface area contributed by atoms with Crippen LogP contribution in [0.5, 0.6) is 0 Å². The molecule has 5 nitrogen and oxygen atoms in total. The minimum atomic E-state index is -0.181. The van der Waals surface area contributed by atoms with Crippen molar-refractivity contribution in [1.82, 2.24) is 9.66 Å². The van der Waals surface area contributed by atoms with Crippen LogP contribution in [0.4, 0.5) is 0 Å². The number of rotatable bonds is 4. The average molecular weight is 374 g/mol. The summed E-state index contributed by atoms with van der Waals surface area (Å²) < 4.78 is 7.65. The van der Waals surface area contributed by atoms with Gasteiger partial charge < -0.3 is 4.42 Å². The van der Waals surface area contributed by atoms with E-state index >= 15 is 0 Å². The van der Waals surface area contributed by atoms with E-state index in [1.165, 1.54) is 4.68 Å². The maximum absolute atomic E-state index is 12.8. The summed E-state index contributed by atoms with van der Waals surface area (Å²) in [5, 5.41) is 4.83. The van der Waals surface area contributed by atoms with Crippen molar-refractivity contribution >= 4 is 33.0 Å². The lowest BCUT2D eigenvalue weighted by Crippen LogP contribution is -2.22. The van der Waals surface area contributed by atoms with E-state index < -0.39 is 0 Å². The third-order valence-electron chi connectivity index (χ3n) is 3.41. The van der Waals surface area contributed by atoms with Crippen LogP contribution < -0.4 is 5.56 Å². The molecule has 0 atom stereocenters. The lowest BCUT2D eigenvalue weighted by atomic mass is 10.2. The second kappa shape index (κ2) is 6.50. The van der Waals surface area contributed by atoms with Crippen LogP contribution in [0.3, 0.4) is 0 Å². The lowest BCUT2D eigenvalue weighted by Gasteiger charge is -2.08. The van der Waals surface area contributed by atoms with Gasteiger partial charge in [0, 0.05) is 10.9 Å². The molecular weight excluding hydrogens is 358 g/mol. The van der Waals surface area contributed by atoms with Gasteiger partial charge >= 0.3 is 0 Å². The number of hydrogen-bond donors (Lipinski definition) is 0. The summed E-state index contributed by atoms with van der Waals surface area (Å²) in [4.78, 5) is 17.3. The van der Waals surface area contributed by atoms with Crippen LogP contribution >= 0.6 is 15.9 Å². The Morgan fingerprint density at radius 2 is 2.17 bits per heavy atom. The number of aryl methyl sites for hydroxylation is 2. The summed E-state index contributed by atoms with van der Waals surface area (Å²) in [6.07, 6.45) is 3.10. The molecule has 1 aromatic carbocycles. The monoisotopic (exact) mass is 373 g/mol. The minimum Gasteiger partial charge on any atom is -0.460 e. The van der Waals surface area contributed by atoms with E-state index in [9.17, 15) is 4.79 Å². The Morgan fingerprint density at radius 3 is 2.87 bits per heavy atom. The SMILES string of the molecule is CCCc1nc2ccc(Br)cc2c(=O)n1N=Cc1ccc(C)o1. The van der Waals surface area contributed by atoms with E-state index in [0.717, 1.165) is 16.7 Å². The van der Waals surface area contributed by atoms with Crippen LogP contribution in [0.2, 0.25) is 0 Å². The fraction of sp³-hybridized carbons (Fsp3) is 0.235. The van der Waals surface area contributed by atoms with Gasteiger partial charge in [0.25, 0.3) is 5.56 Å². The molecule has 0 saturated heterocycles. The molecule has 0 aliphatic carbocycles. The number of nitrogens with zero attached hydrogens (tertiary/aromatic N) is 3. The van der Waals surface area contributed by atoms with Crippen molar-refractivity contribution in [2.75, 3.05) is 0 Å². The predicted molar refractivity (Wildman–Crippen MR) is 94.1 cm³/mol. The lowest BCUT2D eigenvalue weighted by molar-refractivity contribution is 0.527. The predicted octanol–water partition coefficient (Wildman–Crippen LogP) is 3.90. The van der Waals surface area contributed by atoms with Crippen molar-refractivity contribution in [2.45, 2.75) is 26.7 Å². The zero-order valence-corrected chi connectivity index (χ0v) is 14.5. The first-order chi connectivity index (χ1) is 11.1. The number of furan rings is 1. The van der Waals surface area contributed by atoms with Crippen LogP contribution in [0, 0.1) is 6.92 Å². The maximum Gasteiger partial charge on any atom is 0.282 e. The Bertz CT molecular complexity index is 941. The maximum atomic E-state index is 12.8. The number of benzene rings is 1. The van der Waals surface area contributed by atoms with Crippen molar-refractivity contribution < 1.29 is 4.42 Å². The quantitative estimate of drug-likeness (QED) is 0.651. The molecule has 0 spiro atoms. The highest BCUT2D eigenvalue weighted by Gasteiger charge is 2.10. The molecule has 3 rings (SSSR count). The summed E-state index contributed by atoms with van der Waals surface area (Å²) >= 11 is 3.39. The fourth-order valence-electron chi connectivity index (χ4n) is 2.34. The van der Waals surface area contributed by atoms with Gasteiger partial charge in [-0.2, -0.15) is 9.78 Å². The van der Waals surface area contributed by atoms with Crippen LogP contribution in [0.15, 0.2) is 49.1 Å². The number of fused-ring (bicyclic) bond motifs is 1. The van der Waals surface area contributed by atoms with E-state index in [-0.39, 0.29) is 5.56 Å². The second-order valence-electron chi connectivity index (χ2n) is 5.25. The molecule has 3 aromatic rings. The molecular formula is C17H16BrN3O2. The Hall–Kier alpha value is -2.21. The van der Waals surface area contributed by atoms with E-state index in [1.54, 1.807) is 12.3 Å². The van der Waals surface area contributed by atoms with Crippen molar-refractivity contribution in [3.63, 3.8) is 0 Å². The Balaban J connectivity index is 2.16. The van der Waals surface area contributed by atoms with Gasteiger partial charge in [0.05, 0.1) is 17.1 Å².